The smallest absolute Gasteiger partial charge is 0.322 e. The summed E-state index contributed by atoms with van der Waals surface area (Å²) in [5.74, 6) is 0.0947. The first-order valence-corrected chi connectivity index (χ1v) is 18.2. The van der Waals surface area contributed by atoms with Gasteiger partial charge in [-0.15, -0.1) is 11.8 Å². The van der Waals surface area contributed by atoms with Crippen LogP contribution >= 0.6 is 11.8 Å². The van der Waals surface area contributed by atoms with E-state index >= 15 is 0 Å². The molecule has 9 nitrogen and oxygen atoms in total. The highest BCUT2D eigenvalue weighted by Crippen LogP contribution is 2.53. The van der Waals surface area contributed by atoms with E-state index in [-0.39, 0.29) is 42.5 Å². The van der Waals surface area contributed by atoms with E-state index < -0.39 is 4.75 Å². The van der Waals surface area contributed by atoms with Gasteiger partial charge in [0, 0.05) is 76.8 Å². The van der Waals surface area contributed by atoms with Crippen LogP contribution in [0.1, 0.15) is 71.3 Å². The molecule has 0 unspecified atom stereocenters. The maximum Gasteiger partial charge on any atom is 0.322 e. The van der Waals surface area contributed by atoms with Gasteiger partial charge < -0.3 is 29.8 Å². The summed E-state index contributed by atoms with van der Waals surface area (Å²) >= 11 is 1.65. The van der Waals surface area contributed by atoms with Gasteiger partial charge >= 0.3 is 6.03 Å². The molecule has 0 saturated carbocycles. The summed E-state index contributed by atoms with van der Waals surface area (Å²) in [6, 6.07) is 16.6. The second-order valence-corrected chi connectivity index (χ2v) is 16.8. The minimum Gasteiger partial charge on any atom is -0.369 e. The van der Waals surface area contributed by atoms with E-state index in [4.69, 9.17) is 0 Å². The molecule has 1 N–H and O–H groups in total. The monoisotopic (exact) mass is 662 g/mol. The quantitative estimate of drug-likeness (QED) is 0.397. The minimum absolute atomic E-state index is 0. The van der Waals surface area contributed by atoms with Crippen LogP contribution in [0.4, 0.5) is 16.2 Å². The van der Waals surface area contributed by atoms with E-state index in [1.165, 1.54) is 11.3 Å². The van der Waals surface area contributed by atoms with Crippen molar-refractivity contribution in [2.75, 3.05) is 69.6 Å². The third kappa shape index (κ3) is 7.43. The van der Waals surface area contributed by atoms with Crippen molar-refractivity contribution in [3.63, 3.8) is 0 Å². The molecule has 0 aromatic heterocycles. The molecular formula is C37H54N6O3S. The third-order valence-corrected chi connectivity index (χ3v) is 12.0. The number of likely N-dealkylation sites (N-methyl/N-ethyl adjacent to an activating group) is 1. The number of benzene rings is 2. The van der Waals surface area contributed by atoms with Crippen LogP contribution in [0.15, 0.2) is 48.5 Å². The minimum atomic E-state index is -0.845. The average Bonchev–Trinajstić information content (AvgIpc) is 3.17. The summed E-state index contributed by atoms with van der Waals surface area (Å²) in [6.45, 7) is 15.1. The number of hydrogen-bond donors (Lipinski definition) is 1. The zero-order valence-electron chi connectivity index (χ0n) is 28.8. The second kappa shape index (κ2) is 13.7. The van der Waals surface area contributed by atoms with Crippen LogP contribution in [-0.4, -0.2) is 108 Å². The summed E-state index contributed by atoms with van der Waals surface area (Å²) < 4.78 is -0.845. The molecule has 256 valence electrons. The van der Waals surface area contributed by atoms with Crippen LogP contribution < -0.4 is 10.2 Å². The van der Waals surface area contributed by atoms with Gasteiger partial charge in [-0.25, -0.2) is 4.79 Å². The molecule has 2 atom stereocenters. The molecule has 47 heavy (non-hydrogen) atoms. The Hall–Kier alpha value is -3.24. The number of amides is 4. The summed E-state index contributed by atoms with van der Waals surface area (Å²) in [5, 5.41) is 2.94. The number of nitrogens with zero attached hydrogens (tertiary/aromatic N) is 5. The Morgan fingerprint density at radius 2 is 1.64 bits per heavy atom. The predicted octanol–water partition coefficient (Wildman–Crippen LogP) is 5.92. The molecule has 4 aliphatic rings. The second-order valence-electron chi connectivity index (χ2n) is 15.2. The van der Waals surface area contributed by atoms with Gasteiger partial charge in [0.15, 0.2) is 0 Å². The molecule has 2 aromatic carbocycles. The van der Waals surface area contributed by atoms with Gasteiger partial charge in [-0.2, -0.15) is 0 Å². The number of nitrogens with one attached hydrogen (secondary N) is 1. The van der Waals surface area contributed by atoms with Gasteiger partial charge in [0.1, 0.15) is 10.1 Å². The Morgan fingerprint density at radius 1 is 0.957 bits per heavy atom. The number of para-hydroxylation sites is 2. The van der Waals surface area contributed by atoms with Crippen molar-refractivity contribution in [2.45, 2.75) is 76.0 Å². The van der Waals surface area contributed by atoms with Crippen LogP contribution in [0.5, 0.6) is 0 Å². The van der Waals surface area contributed by atoms with Crippen molar-refractivity contribution in [3.05, 3.63) is 59.7 Å². The maximum atomic E-state index is 14.4. The number of likely N-dealkylation sites (tertiary alicyclic amines) is 1. The van der Waals surface area contributed by atoms with Gasteiger partial charge in [0.25, 0.3) is 0 Å². The van der Waals surface area contributed by atoms with E-state index in [1.54, 1.807) is 11.8 Å². The first kappa shape index (κ1) is 33.7. The largest absolute Gasteiger partial charge is 0.369 e. The maximum absolute atomic E-state index is 14.4. The van der Waals surface area contributed by atoms with E-state index in [1.807, 2.05) is 34.9 Å². The number of piperidine rings is 1. The fourth-order valence-electron chi connectivity index (χ4n) is 7.39. The summed E-state index contributed by atoms with van der Waals surface area (Å²) in [5.41, 5.74) is 4.49. The molecule has 3 fully saturated rings. The molecule has 4 aliphatic heterocycles. The topological polar surface area (TPSA) is 79.4 Å². The van der Waals surface area contributed by atoms with E-state index in [0.717, 1.165) is 63.1 Å². The zero-order valence-corrected chi connectivity index (χ0v) is 29.7. The van der Waals surface area contributed by atoms with Gasteiger partial charge in [0.2, 0.25) is 11.8 Å². The van der Waals surface area contributed by atoms with Crippen LogP contribution in [0.3, 0.4) is 0 Å². The van der Waals surface area contributed by atoms with Crippen molar-refractivity contribution >= 4 is 41.0 Å². The van der Waals surface area contributed by atoms with E-state index in [2.05, 4.69) is 78.2 Å². The molecule has 0 aliphatic carbocycles. The standard InChI is InChI=1S/C37H52N6O3S.H2/c1-36(2,3)17-21-43-33(29-11-7-9-13-31(29)40-24-22-39(5)23-25-40)47-37(4,34(43)45)26-32(44)41-18-15-28(16-19-41)42-20-14-27-10-6-8-12-30(27)38-35(42)46;/h6-13,28,33H,14-26H2,1-5H3,(H,38,46);1H/t33-,37+;/m0./s1. The third-order valence-electron chi connectivity index (χ3n) is 10.4. The van der Waals surface area contributed by atoms with Crippen LogP contribution in [0.2, 0.25) is 0 Å². The van der Waals surface area contributed by atoms with Crippen molar-refractivity contribution in [1.29, 1.82) is 0 Å². The van der Waals surface area contributed by atoms with Crippen LogP contribution in [-0.2, 0) is 16.0 Å². The normalized spacial score (nSPS) is 24.7. The molecule has 6 rings (SSSR count). The fraction of sp³-hybridized carbons (Fsp3) is 0.595. The molecule has 3 saturated heterocycles. The van der Waals surface area contributed by atoms with Crippen LogP contribution in [0.25, 0.3) is 0 Å². The molecule has 10 heteroatoms. The van der Waals surface area contributed by atoms with Crippen molar-refractivity contribution < 1.29 is 15.8 Å². The van der Waals surface area contributed by atoms with E-state index in [9.17, 15) is 14.4 Å². The highest BCUT2D eigenvalue weighted by Gasteiger charge is 2.52. The number of carbonyl (C=O) groups is 3. The molecule has 4 heterocycles. The first-order valence-electron chi connectivity index (χ1n) is 17.4. The lowest BCUT2D eigenvalue weighted by atomic mass is 9.91. The molecule has 0 spiro atoms. The van der Waals surface area contributed by atoms with Gasteiger partial charge in [0.05, 0.1) is 6.42 Å². The average molecular weight is 663 g/mol. The lowest BCUT2D eigenvalue weighted by Gasteiger charge is -2.38. The molecular weight excluding hydrogens is 609 g/mol. The van der Waals surface area contributed by atoms with Crippen molar-refractivity contribution in [2.24, 2.45) is 5.41 Å². The van der Waals surface area contributed by atoms with Crippen molar-refractivity contribution in [1.82, 2.24) is 19.6 Å². The molecule has 0 bridgehead atoms. The van der Waals surface area contributed by atoms with Gasteiger partial charge in [-0.05, 0) is 62.8 Å². The van der Waals surface area contributed by atoms with E-state index in [0.29, 0.717) is 26.2 Å². The van der Waals surface area contributed by atoms with Gasteiger partial charge in [-0.1, -0.05) is 57.2 Å². The summed E-state index contributed by atoms with van der Waals surface area (Å²) in [6.07, 6.45) is 3.37. The molecule has 4 amide bonds. The molecule has 2 aromatic rings. The summed E-state index contributed by atoms with van der Waals surface area (Å²) in [4.78, 5) is 52.1. The Labute approximate surface area is 286 Å². The SMILES string of the molecule is CN1CCN(c2ccccc2[C@@H]2S[C@](C)(CC(=O)N3CCC(N4CCc5ccccc5NC4=O)CC3)C(=O)N2CCC(C)(C)C)CC1.[HH]. The lowest BCUT2D eigenvalue weighted by molar-refractivity contribution is -0.139. The molecule has 0 radical (unpaired) electrons. The highest BCUT2D eigenvalue weighted by molar-refractivity contribution is 8.02. The van der Waals surface area contributed by atoms with Crippen molar-refractivity contribution in [3.8, 4) is 0 Å². The number of rotatable bonds is 7. The Bertz CT molecular complexity index is 1470. The number of urea groups is 1. The fourth-order valence-corrected chi connectivity index (χ4v) is 8.96. The predicted molar refractivity (Wildman–Crippen MR) is 193 cm³/mol. The van der Waals surface area contributed by atoms with Crippen LogP contribution in [0, 0.1) is 5.41 Å². The summed E-state index contributed by atoms with van der Waals surface area (Å²) in [7, 11) is 2.17. The number of carbonyl (C=O) groups excluding carboxylic acids is 3. The number of anilines is 2. The number of piperazine rings is 1. The number of hydrogen-bond acceptors (Lipinski definition) is 6. The number of fused-ring (bicyclic) bond motifs is 1. The number of thioether (sulfide) groups is 1. The Kier molecular flexibility index (Phi) is 9.81. The van der Waals surface area contributed by atoms with Gasteiger partial charge in [-0.3, -0.25) is 9.59 Å². The lowest BCUT2D eigenvalue weighted by Crippen LogP contribution is -2.51. The Morgan fingerprint density at radius 3 is 2.36 bits per heavy atom. The Balaban J connectivity index is 0.00000451. The highest BCUT2D eigenvalue weighted by atomic mass is 32.2. The zero-order chi connectivity index (χ0) is 33.3. The first-order chi connectivity index (χ1) is 22.4.